The molecule has 0 aliphatic carbocycles. The smallest absolute Gasteiger partial charge is 0.289 e. The Bertz CT molecular complexity index is 992. The molecule has 3 aromatic rings. The second kappa shape index (κ2) is 9.62. The van der Waals surface area contributed by atoms with Gasteiger partial charge in [-0.2, -0.15) is 0 Å². The lowest BCUT2D eigenvalue weighted by atomic mass is 10.0. The molecule has 6 heteroatoms. The van der Waals surface area contributed by atoms with E-state index in [1.54, 1.807) is 17.0 Å². The Morgan fingerprint density at radius 2 is 1.58 bits per heavy atom. The molecule has 1 fully saturated rings. The lowest BCUT2D eigenvalue weighted by molar-refractivity contribution is -0.123. The summed E-state index contributed by atoms with van der Waals surface area (Å²) in [7, 11) is 0. The maximum atomic E-state index is 12.5. The number of amides is 2. The van der Waals surface area contributed by atoms with Crippen LogP contribution in [0.3, 0.4) is 0 Å². The SMILES string of the molecule is C[C@@H](NC(=O)CN1CCN(C(=O)c2ccco2)CC1)c1ccc(-c2ccccc2)cc1. The molecule has 0 saturated carbocycles. The highest BCUT2D eigenvalue weighted by Gasteiger charge is 2.24. The summed E-state index contributed by atoms with van der Waals surface area (Å²) in [6.07, 6.45) is 1.50. The van der Waals surface area contributed by atoms with Gasteiger partial charge in [-0.05, 0) is 35.7 Å². The Hall–Kier alpha value is -3.38. The lowest BCUT2D eigenvalue weighted by Crippen LogP contribution is -2.51. The van der Waals surface area contributed by atoms with E-state index in [-0.39, 0.29) is 17.9 Å². The monoisotopic (exact) mass is 417 g/mol. The highest BCUT2D eigenvalue weighted by Crippen LogP contribution is 2.21. The van der Waals surface area contributed by atoms with E-state index in [0.29, 0.717) is 38.5 Å². The van der Waals surface area contributed by atoms with Crippen molar-refractivity contribution in [2.75, 3.05) is 32.7 Å². The van der Waals surface area contributed by atoms with Crippen molar-refractivity contribution in [1.29, 1.82) is 0 Å². The number of rotatable bonds is 6. The summed E-state index contributed by atoms with van der Waals surface area (Å²) in [6.45, 7) is 4.83. The lowest BCUT2D eigenvalue weighted by Gasteiger charge is -2.34. The van der Waals surface area contributed by atoms with Crippen LogP contribution in [0.25, 0.3) is 11.1 Å². The van der Waals surface area contributed by atoms with Crippen molar-refractivity contribution < 1.29 is 14.0 Å². The van der Waals surface area contributed by atoms with Crippen molar-refractivity contribution in [3.8, 4) is 11.1 Å². The van der Waals surface area contributed by atoms with Gasteiger partial charge in [0.15, 0.2) is 5.76 Å². The summed E-state index contributed by atoms with van der Waals surface area (Å²) in [4.78, 5) is 28.7. The maximum absolute atomic E-state index is 12.5. The number of hydrogen-bond acceptors (Lipinski definition) is 4. The van der Waals surface area contributed by atoms with E-state index in [1.807, 2.05) is 25.1 Å². The Morgan fingerprint density at radius 3 is 2.23 bits per heavy atom. The van der Waals surface area contributed by atoms with E-state index in [9.17, 15) is 9.59 Å². The van der Waals surface area contributed by atoms with Gasteiger partial charge < -0.3 is 14.6 Å². The summed E-state index contributed by atoms with van der Waals surface area (Å²) in [5, 5.41) is 3.08. The van der Waals surface area contributed by atoms with Gasteiger partial charge in [0.05, 0.1) is 18.8 Å². The number of nitrogens with zero attached hydrogens (tertiary/aromatic N) is 2. The van der Waals surface area contributed by atoms with Gasteiger partial charge in [0.25, 0.3) is 5.91 Å². The molecule has 2 amide bonds. The summed E-state index contributed by atoms with van der Waals surface area (Å²) in [5.41, 5.74) is 3.40. The average molecular weight is 418 g/mol. The molecule has 1 saturated heterocycles. The molecule has 1 aromatic heterocycles. The largest absolute Gasteiger partial charge is 0.459 e. The fourth-order valence-electron chi connectivity index (χ4n) is 3.83. The average Bonchev–Trinajstić information content (AvgIpc) is 3.35. The predicted octanol–water partition coefficient (Wildman–Crippen LogP) is 3.58. The van der Waals surface area contributed by atoms with Crippen molar-refractivity contribution in [1.82, 2.24) is 15.1 Å². The molecule has 6 nitrogen and oxygen atoms in total. The topological polar surface area (TPSA) is 65.8 Å². The molecule has 0 spiro atoms. The van der Waals surface area contributed by atoms with Crippen molar-refractivity contribution in [2.24, 2.45) is 0 Å². The fourth-order valence-corrected chi connectivity index (χ4v) is 3.83. The molecule has 1 aliphatic heterocycles. The van der Waals surface area contributed by atoms with Gasteiger partial charge >= 0.3 is 0 Å². The van der Waals surface area contributed by atoms with E-state index >= 15 is 0 Å². The Balaban J connectivity index is 1.25. The van der Waals surface area contributed by atoms with Gasteiger partial charge in [-0.25, -0.2) is 0 Å². The van der Waals surface area contributed by atoms with Crippen LogP contribution in [0.5, 0.6) is 0 Å². The summed E-state index contributed by atoms with van der Waals surface area (Å²) < 4.78 is 5.19. The van der Waals surface area contributed by atoms with Gasteiger partial charge in [0, 0.05) is 26.2 Å². The van der Waals surface area contributed by atoms with Gasteiger partial charge in [-0.3, -0.25) is 14.5 Å². The van der Waals surface area contributed by atoms with Crippen LogP contribution in [-0.2, 0) is 4.79 Å². The van der Waals surface area contributed by atoms with E-state index in [1.165, 1.54) is 11.8 Å². The fraction of sp³-hybridized carbons (Fsp3) is 0.280. The minimum Gasteiger partial charge on any atom is -0.459 e. The molecular weight excluding hydrogens is 390 g/mol. The van der Waals surface area contributed by atoms with E-state index in [2.05, 4.69) is 46.6 Å². The van der Waals surface area contributed by atoms with Crippen LogP contribution in [0.15, 0.2) is 77.4 Å². The van der Waals surface area contributed by atoms with Crippen molar-refractivity contribution in [3.05, 3.63) is 84.3 Å². The van der Waals surface area contributed by atoms with Crippen molar-refractivity contribution in [3.63, 3.8) is 0 Å². The standard InChI is InChI=1S/C25H27N3O3/c1-19(20-9-11-22(12-10-20)21-6-3-2-4-7-21)26-24(29)18-27-13-15-28(16-14-27)25(30)23-8-5-17-31-23/h2-12,17,19H,13-16,18H2,1H3,(H,26,29)/t19-/m1/s1. The van der Waals surface area contributed by atoms with Crippen LogP contribution >= 0.6 is 0 Å². The highest BCUT2D eigenvalue weighted by atomic mass is 16.3. The first-order valence-electron chi connectivity index (χ1n) is 10.6. The van der Waals surface area contributed by atoms with Crippen molar-refractivity contribution >= 4 is 11.8 Å². The summed E-state index contributed by atoms with van der Waals surface area (Å²) >= 11 is 0. The molecule has 0 radical (unpaired) electrons. The number of benzene rings is 2. The first-order valence-corrected chi connectivity index (χ1v) is 10.6. The van der Waals surface area contributed by atoms with Crippen molar-refractivity contribution in [2.45, 2.75) is 13.0 Å². The third kappa shape index (κ3) is 5.22. The molecule has 1 atom stereocenters. The molecule has 2 aromatic carbocycles. The first kappa shape index (κ1) is 20.9. The summed E-state index contributed by atoms with van der Waals surface area (Å²) in [5.74, 6) is 0.255. The molecule has 31 heavy (non-hydrogen) atoms. The number of nitrogens with one attached hydrogen (secondary N) is 1. The van der Waals surface area contributed by atoms with Crippen LogP contribution in [-0.4, -0.2) is 54.3 Å². The molecule has 0 unspecified atom stereocenters. The minimum atomic E-state index is -0.0957. The van der Waals surface area contributed by atoms with Gasteiger partial charge in [-0.15, -0.1) is 0 Å². The highest BCUT2D eigenvalue weighted by molar-refractivity contribution is 5.91. The number of hydrogen-bond donors (Lipinski definition) is 1. The number of furan rings is 1. The zero-order valence-corrected chi connectivity index (χ0v) is 17.7. The molecular formula is C25H27N3O3. The second-order valence-corrected chi connectivity index (χ2v) is 7.82. The van der Waals surface area contributed by atoms with Gasteiger partial charge in [0.2, 0.25) is 5.91 Å². The van der Waals surface area contributed by atoms with E-state index < -0.39 is 0 Å². The second-order valence-electron chi connectivity index (χ2n) is 7.82. The third-order valence-electron chi connectivity index (χ3n) is 5.65. The minimum absolute atomic E-state index is 0.00885. The molecule has 2 heterocycles. The molecule has 160 valence electrons. The quantitative estimate of drug-likeness (QED) is 0.666. The third-order valence-corrected chi connectivity index (χ3v) is 5.65. The summed E-state index contributed by atoms with van der Waals surface area (Å²) in [6, 6.07) is 21.8. The number of carbonyl (C=O) groups is 2. The Morgan fingerprint density at radius 1 is 0.903 bits per heavy atom. The van der Waals surface area contributed by atoms with Gasteiger partial charge in [0.1, 0.15) is 0 Å². The van der Waals surface area contributed by atoms with E-state index in [4.69, 9.17) is 4.42 Å². The molecule has 0 bridgehead atoms. The van der Waals surface area contributed by atoms with Crippen LogP contribution in [0, 0.1) is 0 Å². The molecule has 1 N–H and O–H groups in total. The van der Waals surface area contributed by atoms with Gasteiger partial charge in [-0.1, -0.05) is 54.6 Å². The molecule has 4 rings (SSSR count). The Labute approximate surface area is 182 Å². The number of piperazine rings is 1. The number of carbonyl (C=O) groups excluding carboxylic acids is 2. The maximum Gasteiger partial charge on any atom is 0.289 e. The molecule has 1 aliphatic rings. The Kier molecular flexibility index (Phi) is 6.48. The van der Waals surface area contributed by atoms with Crippen LogP contribution < -0.4 is 5.32 Å². The van der Waals surface area contributed by atoms with E-state index in [0.717, 1.165) is 11.1 Å². The predicted molar refractivity (Wildman–Crippen MR) is 119 cm³/mol. The van der Waals surface area contributed by atoms with Crippen LogP contribution in [0.1, 0.15) is 29.1 Å². The normalized spacial score (nSPS) is 15.5. The van der Waals surface area contributed by atoms with Crippen LogP contribution in [0.4, 0.5) is 0 Å². The first-order chi connectivity index (χ1) is 15.1. The van der Waals surface area contributed by atoms with Crippen LogP contribution in [0.2, 0.25) is 0 Å². The zero-order valence-electron chi connectivity index (χ0n) is 17.7. The zero-order chi connectivity index (χ0) is 21.6.